The largest absolute Gasteiger partial charge is 0.395 e. The molecular formula is C16H16N4O. The first-order chi connectivity index (χ1) is 10.4. The van der Waals surface area contributed by atoms with Crippen LogP contribution in [0.1, 0.15) is 5.56 Å². The maximum Gasteiger partial charge on any atom is 0.246 e. The summed E-state index contributed by atoms with van der Waals surface area (Å²) in [6.07, 6.45) is 0. The van der Waals surface area contributed by atoms with E-state index in [0.717, 1.165) is 16.6 Å². The predicted octanol–water partition coefficient (Wildman–Crippen LogP) is 2.02. The smallest absolute Gasteiger partial charge is 0.246 e. The number of aromatic nitrogens is 3. The summed E-state index contributed by atoms with van der Waals surface area (Å²) >= 11 is 0. The van der Waals surface area contributed by atoms with Crippen LogP contribution < -0.4 is 4.90 Å². The van der Waals surface area contributed by atoms with Gasteiger partial charge >= 0.3 is 0 Å². The average Bonchev–Trinajstić information content (AvgIpc) is 2.55. The van der Waals surface area contributed by atoms with Gasteiger partial charge in [0.15, 0.2) is 0 Å². The second-order valence-corrected chi connectivity index (χ2v) is 4.73. The fourth-order valence-corrected chi connectivity index (χ4v) is 2.18. The fraction of sp³-hybridized carbons (Fsp3) is 0.188. The highest BCUT2D eigenvalue weighted by Gasteiger charge is 2.11. The molecule has 0 aliphatic carbocycles. The van der Waals surface area contributed by atoms with E-state index in [-0.39, 0.29) is 6.61 Å². The third kappa shape index (κ3) is 3.14. The Hall–Kier alpha value is -2.53. The van der Waals surface area contributed by atoms with Crippen molar-refractivity contribution in [2.24, 2.45) is 0 Å². The molecule has 0 radical (unpaired) electrons. The number of rotatable bonds is 5. The van der Waals surface area contributed by atoms with E-state index in [1.807, 2.05) is 59.5 Å². The zero-order valence-electron chi connectivity index (χ0n) is 11.6. The molecule has 106 valence electrons. The highest BCUT2D eigenvalue weighted by atomic mass is 16.3. The molecule has 0 saturated carbocycles. The molecule has 5 heteroatoms. The highest BCUT2D eigenvalue weighted by molar-refractivity contribution is 5.74. The van der Waals surface area contributed by atoms with Crippen molar-refractivity contribution in [1.29, 1.82) is 0 Å². The van der Waals surface area contributed by atoms with Crippen molar-refractivity contribution in [3.8, 4) is 0 Å². The predicted molar refractivity (Wildman–Crippen MR) is 81.9 cm³/mol. The molecule has 0 aliphatic rings. The molecule has 0 bridgehead atoms. The van der Waals surface area contributed by atoms with Crippen molar-refractivity contribution in [2.75, 3.05) is 18.1 Å². The molecule has 0 atom stereocenters. The number of hydrogen-bond acceptors (Lipinski definition) is 5. The molecule has 1 heterocycles. The van der Waals surface area contributed by atoms with Crippen molar-refractivity contribution in [1.82, 2.24) is 15.2 Å². The van der Waals surface area contributed by atoms with Crippen LogP contribution in [-0.4, -0.2) is 33.4 Å². The fourth-order valence-electron chi connectivity index (χ4n) is 2.18. The van der Waals surface area contributed by atoms with E-state index in [4.69, 9.17) is 0 Å². The lowest BCUT2D eigenvalue weighted by Crippen LogP contribution is -2.28. The molecule has 0 spiro atoms. The number of benzene rings is 2. The maximum atomic E-state index is 9.27. The van der Waals surface area contributed by atoms with Crippen molar-refractivity contribution < 1.29 is 5.11 Å². The quantitative estimate of drug-likeness (QED) is 0.774. The van der Waals surface area contributed by atoms with Crippen LogP contribution in [0.2, 0.25) is 0 Å². The van der Waals surface area contributed by atoms with Gasteiger partial charge in [0.2, 0.25) is 5.95 Å². The third-order valence-corrected chi connectivity index (χ3v) is 3.22. The van der Waals surface area contributed by atoms with E-state index in [1.54, 1.807) is 0 Å². The van der Waals surface area contributed by atoms with Crippen molar-refractivity contribution >= 4 is 17.0 Å². The molecule has 3 aromatic rings. The summed E-state index contributed by atoms with van der Waals surface area (Å²) in [6, 6.07) is 17.7. The van der Waals surface area contributed by atoms with Crippen LogP contribution in [0.3, 0.4) is 0 Å². The Morgan fingerprint density at radius 3 is 2.33 bits per heavy atom. The van der Waals surface area contributed by atoms with Crippen LogP contribution in [0.15, 0.2) is 54.6 Å². The molecule has 0 saturated heterocycles. The van der Waals surface area contributed by atoms with E-state index in [9.17, 15) is 5.11 Å². The third-order valence-electron chi connectivity index (χ3n) is 3.22. The molecule has 3 rings (SSSR count). The minimum absolute atomic E-state index is 0.0447. The van der Waals surface area contributed by atoms with E-state index >= 15 is 0 Å². The van der Waals surface area contributed by atoms with Crippen molar-refractivity contribution in [3.05, 3.63) is 60.2 Å². The first-order valence-corrected chi connectivity index (χ1v) is 6.86. The Bertz CT molecular complexity index is 718. The molecule has 0 aliphatic heterocycles. The van der Waals surface area contributed by atoms with Crippen LogP contribution in [0.4, 0.5) is 5.95 Å². The van der Waals surface area contributed by atoms with Crippen LogP contribution in [0, 0.1) is 0 Å². The molecule has 21 heavy (non-hydrogen) atoms. The lowest BCUT2D eigenvalue weighted by molar-refractivity contribution is 0.300. The summed E-state index contributed by atoms with van der Waals surface area (Å²) in [6.45, 7) is 1.15. The first kappa shape index (κ1) is 13.5. The molecular weight excluding hydrogens is 264 g/mol. The number of fused-ring (bicyclic) bond motifs is 1. The van der Waals surface area contributed by atoms with E-state index in [0.29, 0.717) is 19.0 Å². The minimum atomic E-state index is 0.0447. The summed E-state index contributed by atoms with van der Waals surface area (Å²) in [4.78, 5) is 6.46. The zero-order valence-corrected chi connectivity index (χ0v) is 11.6. The van der Waals surface area contributed by atoms with Gasteiger partial charge in [-0.15, -0.1) is 10.2 Å². The van der Waals surface area contributed by atoms with E-state index in [2.05, 4.69) is 15.2 Å². The van der Waals surface area contributed by atoms with Gasteiger partial charge < -0.3 is 10.0 Å². The Kier molecular flexibility index (Phi) is 4.02. The molecule has 1 N–H and O–H groups in total. The zero-order chi connectivity index (χ0) is 14.5. The Labute approximate surface area is 122 Å². The SMILES string of the molecule is OCCN(Cc1ccccc1)c1nnc2ccccc2n1. The average molecular weight is 280 g/mol. The van der Waals surface area contributed by atoms with Gasteiger partial charge in [0.05, 0.1) is 12.1 Å². The molecule has 0 fully saturated rings. The van der Waals surface area contributed by atoms with Crippen LogP contribution in [-0.2, 0) is 6.54 Å². The summed E-state index contributed by atoms with van der Waals surface area (Å²) in [5.74, 6) is 0.534. The maximum absolute atomic E-state index is 9.27. The van der Waals surface area contributed by atoms with Gasteiger partial charge in [0, 0.05) is 13.1 Å². The van der Waals surface area contributed by atoms with Crippen molar-refractivity contribution in [3.63, 3.8) is 0 Å². The normalized spacial score (nSPS) is 10.7. The number of aliphatic hydroxyl groups excluding tert-OH is 1. The van der Waals surface area contributed by atoms with Gasteiger partial charge in [-0.05, 0) is 17.7 Å². The molecule has 1 aromatic heterocycles. The standard InChI is InChI=1S/C16H16N4O/c21-11-10-20(12-13-6-2-1-3-7-13)16-17-14-8-4-5-9-15(14)18-19-16/h1-9,21H,10-12H2. The van der Waals surface area contributed by atoms with Gasteiger partial charge in [-0.25, -0.2) is 4.98 Å². The van der Waals surface area contributed by atoms with Gasteiger partial charge in [-0.1, -0.05) is 42.5 Å². The van der Waals surface area contributed by atoms with Gasteiger partial charge in [0.1, 0.15) is 5.52 Å². The summed E-state index contributed by atoms with van der Waals surface area (Å²) in [5, 5.41) is 17.6. The summed E-state index contributed by atoms with van der Waals surface area (Å²) < 4.78 is 0. The van der Waals surface area contributed by atoms with E-state index in [1.165, 1.54) is 0 Å². The van der Waals surface area contributed by atoms with Crippen LogP contribution in [0.25, 0.3) is 11.0 Å². The number of hydrogen-bond donors (Lipinski definition) is 1. The number of nitrogens with zero attached hydrogens (tertiary/aromatic N) is 4. The Balaban J connectivity index is 1.91. The Morgan fingerprint density at radius 2 is 1.57 bits per heavy atom. The highest BCUT2D eigenvalue weighted by Crippen LogP contribution is 2.14. The minimum Gasteiger partial charge on any atom is -0.395 e. The topological polar surface area (TPSA) is 62.1 Å². The second kappa shape index (κ2) is 6.28. The number of para-hydroxylation sites is 1. The van der Waals surface area contributed by atoms with Gasteiger partial charge in [-0.2, -0.15) is 0 Å². The molecule has 2 aromatic carbocycles. The van der Waals surface area contributed by atoms with Crippen LogP contribution in [0.5, 0.6) is 0 Å². The lowest BCUT2D eigenvalue weighted by Gasteiger charge is -2.21. The summed E-state index contributed by atoms with van der Waals surface area (Å²) in [7, 11) is 0. The Morgan fingerprint density at radius 1 is 0.857 bits per heavy atom. The monoisotopic (exact) mass is 280 g/mol. The number of anilines is 1. The first-order valence-electron chi connectivity index (χ1n) is 6.86. The molecule has 5 nitrogen and oxygen atoms in total. The summed E-state index contributed by atoms with van der Waals surface area (Å²) in [5.41, 5.74) is 2.71. The van der Waals surface area contributed by atoms with Crippen LogP contribution >= 0.6 is 0 Å². The molecule has 0 unspecified atom stereocenters. The van der Waals surface area contributed by atoms with Gasteiger partial charge in [-0.3, -0.25) is 0 Å². The van der Waals surface area contributed by atoms with E-state index < -0.39 is 0 Å². The number of aliphatic hydroxyl groups is 1. The van der Waals surface area contributed by atoms with Crippen molar-refractivity contribution in [2.45, 2.75) is 6.54 Å². The molecule has 0 amide bonds. The van der Waals surface area contributed by atoms with Gasteiger partial charge in [0.25, 0.3) is 0 Å². The second-order valence-electron chi connectivity index (χ2n) is 4.73. The lowest BCUT2D eigenvalue weighted by atomic mass is 10.2.